The molecule has 0 unspecified atom stereocenters. The molecule has 126 valence electrons. The van der Waals surface area contributed by atoms with Gasteiger partial charge in [0, 0.05) is 16.0 Å². The molecule has 2 heterocycles. The lowest BCUT2D eigenvalue weighted by molar-refractivity contribution is 0.102. The third kappa shape index (κ3) is 3.08. The summed E-state index contributed by atoms with van der Waals surface area (Å²) in [5, 5.41) is 3.44. The second kappa shape index (κ2) is 6.22. The first kappa shape index (κ1) is 15.7. The number of rotatable bonds is 3. The van der Waals surface area contributed by atoms with Gasteiger partial charge in [-0.15, -0.1) is 11.3 Å². The molecule has 1 aromatic heterocycles. The van der Waals surface area contributed by atoms with Gasteiger partial charge in [-0.2, -0.15) is 0 Å². The largest absolute Gasteiger partial charge is 0.454 e. The molecule has 5 nitrogen and oxygen atoms in total. The number of anilines is 1. The Balaban J connectivity index is 1.56. The molecule has 0 aliphatic carbocycles. The lowest BCUT2D eigenvalue weighted by atomic mass is 10.1. The monoisotopic (exact) mass is 352 g/mol. The first-order valence-electron chi connectivity index (χ1n) is 7.85. The minimum absolute atomic E-state index is 0.186. The second-order valence-corrected chi connectivity index (χ2v) is 7.02. The van der Waals surface area contributed by atoms with Gasteiger partial charge < -0.3 is 9.47 Å². The van der Waals surface area contributed by atoms with Crippen LogP contribution in [0.25, 0.3) is 11.3 Å². The minimum atomic E-state index is -0.220. The lowest BCUT2D eigenvalue weighted by Gasteiger charge is -2.03. The van der Waals surface area contributed by atoms with Crippen LogP contribution in [0.1, 0.15) is 20.8 Å². The number of amides is 1. The number of benzene rings is 2. The molecule has 3 aromatic rings. The fourth-order valence-corrected chi connectivity index (χ4v) is 3.47. The van der Waals surface area contributed by atoms with Crippen LogP contribution in [0.3, 0.4) is 0 Å². The SMILES string of the molecule is Cc1ccc(-c2nc(NC(=O)c3ccc4c(c3)OCO4)sc2C)cc1. The molecule has 4 rings (SSSR count). The van der Waals surface area contributed by atoms with Crippen molar-refractivity contribution >= 4 is 22.4 Å². The number of carbonyl (C=O) groups excluding carboxylic acids is 1. The number of fused-ring (bicyclic) bond motifs is 1. The van der Waals surface area contributed by atoms with Crippen LogP contribution in [0.5, 0.6) is 11.5 Å². The highest BCUT2D eigenvalue weighted by molar-refractivity contribution is 7.16. The van der Waals surface area contributed by atoms with E-state index in [-0.39, 0.29) is 12.7 Å². The zero-order chi connectivity index (χ0) is 17.4. The van der Waals surface area contributed by atoms with Crippen molar-refractivity contribution < 1.29 is 14.3 Å². The number of nitrogens with one attached hydrogen (secondary N) is 1. The zero-order valence-corrected chi connectivity index (χ0v) is 14.6. The summed E-state index contributed by atoms with van der Waals surface area (Å²) in [6.45, 7) is 4.24. The predicted molar refractivity (Wildman–Crippen MR) is 97.5 cm³/mol. The average molecular weight is 352 g/mol. The number of thiazole rings is 1. The first-order valence-corrected chi connectivity index (χ1v) is 8.67. The van der Waals surface area contributed by atoms with Gasteiger partial charge in [0.1, 0.15) is 0 Å². The van der Waals surface area contributed by atoms with Gasteiger partial charge in [-0.3, -0.25) is 10.1 Å². The van der Waals surface area contributed by atoms with Crippen molar-refractivity contribution in [2.75, 3.05) is 12.1 Å². The topological polar surface area (TPSA) is 60.5 Å². The van der Waals surface area contributed by atoms with E-state index in [1.165, 1.54) is 16.9 Å². The van der Waals surface area contributed by atoms with Crippen LogP contribution < -0.4 is 14.8 Å². The summed E-state index contributed by atoms with van der Waals surface area (Å²) >= 11 is 1.46. The molecule has 0 radical (unpaired) electrons. The number of hydrogen-bond acceptors (Lipinski definition) is 5. The maximum absolute atomic E-state index is 12.5. The number of nitrogens with zero attached hydrogens (tertiary/aromatic N) is 1. The van der Waals surface area contributed by atoms with Gasteiger partial charge in [-0.25, -0.2) is 4.98 Å². The van der Waals surface area contributed by atoms with E-state index in [0.717, 1.165) is 16.1 Å². The van der Waals surface area contributed by atoms with E-state index in [0.29, 0.717) is 22.2 Å². The molecule has 0 atom stereocenters. The second-order valence-electron chi connectivity index (χ2n) is 5.81. The normalized spacial score (nSPS) is 12.2. The van der Waals surface area contributed by atoms with Crippen molar-refractivity contribution in [2.45, 2.75) is 13.8 Å². The summed E-state index contributed by atoms with van der Waals surface area (Å²) in [5.74, 6) is 1.02. The van der Waals surface area contributed by atoms with Crippen LogP contribution in [0, 0.1) is 13.8 Å². The van der Waals surface area contributed by atoms with Crippen LogP contribution in [-0.2, 0) is 0 Å². The predicted octanol–water partition coefficient (Wildman–Crippen LogP) is 4.41. The molecule has 0 spiro atoms. The minimum Gasteiger partial charge on any atom is -0.454 e. The highest BCUT2D eigenvalue weighted by Gasteiger charge is 2.18. The molecule has 6 heteroatoms. The Kier molecular flexibility index (Phi) is 3.89. The average Bonchev–Trinajstić information content (AvgIpc) is 3.21. The summed E-state index contributed by atoms with van der Waals surface area (Å²) in [6.07, 6.45) is 0. The van der Waals surface area contributed by atoms with Gasteiger partial charge in [0.05, 0.1) is 5.69 Å². The van der Waals surface area contributed by atoms with Crippen LogP contribution >= 0.6 is 11.3 Å². The molecule has 0 saturated heterocycles. The Bertz CT molecular complexity index is 948. The summed E-state index contributed by atoms with van der Waals surface area (Å²) in [4.78, 5) is 18.1. The van der Waals surface area contributed by atoms with Crippen LogP contribution in [-0.4, -0.2) is 17.7 Å². The molecule has 0 bridgehead atoms. The third-order valence-electron chi connectivity index (χ3n) is 3.98. The molecule has 1 amide bonds. The Hall–Kier alpha value is -2.86. The molecule has 25 heavy (non-hydrogen) atoms. The molecular weight excluding hydrogens is 336 g/mol. The number of hydrogen-bond donors (Lipinski definition) is 1. The molecule has 0 saturated carbocycles. The van der Waals surface area contributed by atoms with Gasteiger partial charge in [-0.05, 0) is 32.0 Å². The van der Waals surface area contributed by atoms with Crippen LogP contribution in [0.15, 0.2) is 42.5 Å². The maximum atomic E-state index is 12.5. The Labute approximate surface area is 149 Å². The van der Waals surface area contributed by atoms with Crippen LogP contribution in [0.4, 0.5) is 5.13 Å². The summed E-state index contributed by atoms with van der Waals surface area (Å²) in [5.41, 5.74) is 3.65. The van der Waals surface area contributed by atoms with Crippen molar-refractivity contribution in [1.29, 1.82) is 0 Å². The van der Waals surface area contributed by atoms with Crippen molar-refractivity contribution in [3.8, 4) is 22.8 Å². The zero-order valence-electron chi connectivity index (χ0n) is 13.8. The first-order chi connectivity index (χ1) is 12.1. The van der Waals surface area contributed by atoms with Gasteiger partial charge in [0.2, 0.25) is 6.79 Å². The van der Waals surface area contributed by atoms with E-state index in [1.807, 2.05) is 19.1 Å². The molecule has 0 fully saturated rings. The summed E-state index contributed by atoms with van der Waals surface area (Å²) in [6, 6.07) is 13.3. The quantitative estimate of drug-likeness (QED) is 0.758. The fourth-order valence-electron chi connectivity index (χ4n) is 2.64. The van der Waals surface area contributed by atoms with E-state index >= 15 is 0 Å². The standard InChI is InChI=1S/C19H16N2O3S/c1-11-3-5-13(6-4-11)17-12(2)25-19(20-17)21-18(22)14-7-8-15-16(9-14)24-10-23-15/h3-9H,10H2,1-2H3,(H,20,21,22). The molecule has 2 aromatic carbocycles. The fraction of sp³-hybridized carbons (Fsp3) is 0.158. The van der Waals surface area contributed by atoms with E-state index in [9.17, 15) is 4.79 Å². The Morgan fingerprint density at radius 2 is 1.84 bits per heavy atom. The van der Waals surface area contributed by atoms with E-state index < -0.39 is 0 Å². The highest BCUT2D eigenvalue weighted by atomic mass is 32.1. The Morgan fingerprint density at radius 3 is 2.64 bits per heavy atom. The Morgan fingerprint density at radius 1 is 1.08 bits per heavy atom. The van der Waals surface area contributed by atoms with Gasteiger partial charge in [-0.1, -0.05) is 29.8 Å². The number of carbonyl (C=O) groups is 1. The summed E-state index contributed by atoms with van der Waals surface area (Å²) in [7, 11) is 0. The third-order valence-corrected chi connectivity index (χ3v) is 4.86. The van der Waals surface area contributed by atoms with E-state index in [2.05, 4.69) is 29.4 Å². The molecular formula is C19H16N2O3S. The van der Waals surface area contributed by atoms with Crippen molar-refractivity contribution in [3.63, 3.8) is 0 Å². The number of aryl methyl sites for hydroxylation is 2. The summed E-state index contributed by atoms with van der Waals surface area (Å²) < 4.78 is 10.6. The maximum Gasteiger partial charge on any atom is 0.257 e. The van der Waals surface area contributed by atoms with E-state index in [4.69, 9.17) is 9.47 Å². The number of aromatic nitrogens is 1. The molecule has 1 N–H and O–H groups in total. The molecule has 1 aliphatic heterocycles. The highest BCUT2D eigenvalue weighted by Crippen LogP contribution is 2.34. The van der Waals surface area contributed by atoms with E-state index in [1.54, 1.807) is 18.2 Å². The van der Waals surface area contributed by atoms with Gasteiger partial charge in [0.25, 0.3) is 5.91 Å². The van der Waals surface area contributed by atoms with Crippen molar-refractivity contribution in [2.24, 2.45) is 0 Å². The van der Waals surface area contributed by atoms with Crippen molar-refractivity contribution in [3.05, 3.63) is 58.5 Å². The van der Waals surface area contributed by atoms with Crippen LogP contribution in [0.2, 0.25) is 0 Å². The van der Waals surface area contributed by atoms with Crippen molar-refractivity contribution in [1.82, 2.24) is 4.98 Å². The molecule has 1 aliphatic rings. The van der Waals surface area contributed by atoms with Gasteiger partial charge >= 0.3 is 0 Å². The van der Waals surface area contributed by atoms with Gasteiger partial charge in [0.15, 0.2) is 16.6 Å². The number of ether oxygens (including phenoxy) is 2. The lowest BCUT2D eigenvalue weighted by Crippen LogP contribution is -2.11. The smallest absolute Gasteiger partial charge is 0.257 e.